The lowest BCUT2D eigenvalue weighted by atomic mass is 9.49. The van der Waals surface area contributed by atoms with E-state index < -0.39 is 0 Å². The van der Waals surface area contributed by atoms with Crippen LogP contribution in [0.25, 0.3) is 0 Å². The first-order valence-electron chi connectivity index (χ1n) is 11.2. The minimum Gasteiger partial charge on any atom is -0.382 e. The SMILES string of the molecule is COCCOCC(=O)N1CCCN(C(=O)CC23CC4CC(CC(C4)C2)C3)CC1. The highest BCUT2D eigenvalue weighted by molar-refractivity contribution is 5.79. The maximum absolute atomic E-state index is 13.1. The van der Waals surface area contributed by atoms with E-state index in [1.807, 2.05) is 9.80 Å². The Bertz CT molecular complexity index is 544. The van der Waals surface area contributed by atoms with Gasteiger partial charge in [0, 0.05) is 39.7 Å². The molecule has 5 aliphatic rings. The summed E-state index contributed by atoms with van der Waals surface area (Å²) in [6.45, 7) is 3.82. The summed E-state index contributed by atoms with van der Waals surface area (Å²) in [6.07, 6.45) is 9.69. The minimum absolute atomic E-state index is 0.0199. The van der Waals surface area contributed by atoms with Gasteiger partial charge in [0.15, 0.2) is 0 Å². The molecule has 0 atom stereocenters. The molecule has 4 bridgehead atoms. The van der Waals surface area contributed by atoms with Crippen molar-refractivity contribution >= 4 is 11.8 Å². The highest BCUT2D eigenvalue weighted by Gasteiger charge is 2.51. The van der Waals surface area contributed by atoms with Crippen molar-refractivity contribution in [3.8, 4) is 0 Å². The molecule has 0 radical (unpaired) electrons. The smallest absolute Gasteiger partial charge is 0.248 e. The third-order valence-electron chi connectivity index (χ3n) is 7.55. The average molecular weight is 393 g/mol. The highest BCUT2D eigenvalue weighted by atomic mass is 16.5. The van der Waals surface area contributed by atoms with Crippen LogP contribution in [0.2, 0.25) is 0 Å². The Morgan fingerprint density at radius 3 is 2.00 bits per heavy atom. The Hall–Kier alpha value is -1.14. The third-order valence-corrected chi connectivity index (χ3v) is 7.55. The second-order valence-corrected chi connectivity index (χ2v) is 9.75. The summed E-state index contributed by atoms with van der Waals surface area (Å²) in [4.78, 5) is 29.4. The van der Waals surface area contributed by atoms with Gasteiger partial charge in [-0.15, -0.1) is 0 Å². The van der Waals surface area contributed by atoms with Gasteiger partial charge in [-0.2, -0.15) is 0 Å². The first-order valence-corrected chi connectivity index (χ1v) is 11.2. The Balaban J connectivity index is 1.26. The molecule has 1 saturated heterocycles. The molecule has 2 amide bonds. The van der Waals surface area contributed by atoms with E-state index in [4.69, 9.17) is 9.47 Å². The van der Waals surface area contributed by atoms with Gasteiger partial charge in [0.2, 0.25) is 11.8 Å². The van der Waals surface area contributed by atoms with Crippen LogP contribution in [0.3, 0.4) is 0 Å². The van der Waals surface area contributed by atoms with Crippen molar-refractivity contribution in [1.82, 2.24) is 9.80 Å². The average Bonchev–Trinajstić information content (AvgIpc) is 2.90. The fourth-order valence-electron chi connectivity index (χ4n) is 6.75. The number of hydrogen-bond acceptors (Lipinski definition) is 4. The predicted octanol–water partition coefficient (Wildman–Crippen LogP) is 2.32. The molecule has 5 fully saturated rings. The van der Waals surface area contributed by atoms with Gasteiger partial charge in [0.25, 0.3) is 0 Å². The van der Waals surface area contributed by atoms with Crippen LogP contribution in [0.1, 0.15) is 51.4 Å². The van der Waals surface area contributed by atoms with E-state index in [1.54, 1.807) is 7.11 Å². The van der Waals surface area contributed by atoms with E-state index in [0.717, 1.165) is 37.1 Å². The fourth-order valence-corrected chi connectivity index (χ4v) is 6.75. The summed E-state index contributed by atoms with van der Waals surface area (Å²) in [5.74, 6) is 3.00. The second kappa shape index (κ2) is 8.70. The van der Waals surface area contributed by atoms with Crippen LogP contribution in [-0.2, 0) is 19.1 Å². The number of amides is 2. The standard InChI is InChI=1S/C22H36N2O4/c1-27-7-8-28-16-21(26)24-4-2-3-23(5-6-24)20(25)15-22-12-17-9-18(13-22)11-19(10-17)14-22/h17-19H,2-16H2,1H3. The molecular weight excluding hydrogens is 356 g/mol. The Kier molecular flexibility index (Phi) is 6.26. The summed E-state index contributed by atoms with van der Waals surface area (Å²) in [5, 5.41) is 0. The minimum atomic E-state index is 0.0199. The van der Waals surface area contributed by atoms with Crippen molar-refractivity contribution in [1.29, 1.82) is 0 Å². The van der Waals surface area contributed by atoms with E-state index in [-0.39, 0.29) is 12.5 Å². The first-order chi connectivity index (χ1) is 13.6. The maximum Gasteiger partial charge on any atom is 0.248 e. The van der Waals surface area contributed by atoms with Gasteiger partial charge in [0.1, 0.15) is 6.61 Å². The number of carbonyl (C=O) groups is 2. The lowest BCUT2D eigenvalue weighted by molar-refractivity contribution is -0.140. The van der Waals surface area contributed by atoms with Crippen molar-refractivity contribution in [2.24, 2.45) is 23.2 Å². The van der Waals surface area contributed by atoms with E-state index in [9.17, 15) is 9.59 Å². The molecule has 0 aromatic carbocycles. The molecular formula is C22H36N2O4. The number of hydrogen-bond donors (Lipinski definition) is 0. The van der Waals surface area contributed by atoms with E-state index >= 15 is 0 Å². The van der Waals surface area contributed by atoms with Gasteiger partial charge in [-0.05, 0) is 68.1 Å². The Labute approximate surface area is 168 Å². The van der Waals surface area contributed by atoms with E-state index in [0.29, 0.717) is 44.2 Å². The second-order valence-electron chi connectivity index (χ2n) is 9.75. The molecule has 0 unspecified atom stereocenters. The van der Waals surface area contributed by atoms with Crippen molar-refractivity contribution in [2.45, 2.75) is 51.4 Å². The Morgan fingerprint density at radius 2 is 1.43 bits per heavy atom. The van der Waals surface area contributed by atoms with Gasteiger partial charge in [-0.3, -0.25) is 9.59 Å². The van der Waals surface area contributed by atoms with Crippen molar-refractivity contribution in [3.63, 3.8) is 0 Å². The summed E-state index contributed by atoms with van der Waals surface area (Å²) >= 11 is 0. The molecule has 1 heterocycles. The quantitative estimate of drug-likeness (QED) is 0.624. The van der Waals surface area contributed by atoms with Crippen LogP contribution in [0, 0.1) is 23.2 Å². The summed E-state index contributed by atoms with van der Waals surface area (Å²) in [6, 6.07) is 0. The molecule has 6 nitrogen and oxygen atoms in total. The topological polar surface area (TPSA) is 59.1 Å². The van der Waals surface area contributed by atoms with Crippen LogP contribution in [-0.4, -0.2) is 74.7 Å². The van der Waals surface area contributed by atoms with E-state index in [1.165, 1.54) is 38.5 Å². The lowest BCUT2D eigenvalue weighted by Crippen LogP contribution is -2.48. The molecule has 158 valence electrons. The number of nitrogens with zero attached hydrogens (tertiary/aromatic N) is 2. The maximum atomic E-state index is 13.1. The summed E-state index contributed by atoms with van der Waals surface area (Å²) in [5.41, 5.74) is 0.294. The van der Waals surface area contributed by atoms with Crippen molar-refractivity contribution in [2.75, 3.05) is 53.1 Å². The van der Waals surface area contributed by atoms with Crippen molar-refractivity contribution < 1.29 is 19.1 Å². The van der Waals surface area contributed by atoms with Crippen LogP contribution in [0.5, 0.6) is 0 Å². The van der Waals surface area contributed by atoms with Gasteiger partial charge >= 0.3 is 0 Å². The summed E-state index contributed by atoms with van der Waals surface area (Å²) < 4.78 is 10.3. The highest BCUT2D eigenvalue weighted by Crippen LogP contribution is 2.61. The molecule has 0 aromatic rings. The van der Waals surface area contributed by atoms with E-state index in [2.05, 4.69) is 0 Å². The van der Waals surface area contributed by atoms with Gasteiger partial charge in [-0.1, -0.05) is 0 Å². The molecule has 6 heteroatoms. The predicted molar refractivity (Wildman–Crippen MR) is 106 cm³/mol. The zero-order valence-electron chi connectivity index (χ0n) is 17.4. The zero-order valence-corrected chi connectivity index (χ0v) is 17.4. The molecule has 4 aliphatic carbocycles. The number of carbonyl (C=O) groups excluding carboxylic acids is 2. The van der Waals surface area contributed by atoms with Gasteiger partial charge in [0.05, 0.1) is 13.2 Å². The lowest BCUT2D eigenvalue weighted by Gasteiger charge is -2.57. The van der Waals surface area contributed by atoms with Gasteiger partial charge in [-0.25, -0.2) is 0 Å². The largest absolute Gasteiger partial charge is 0.382 e. The van der Waals surface area contributed by atoms with Crippen molar-refractivity contribution in [3.05, 3.63) is 0 Å². The van der Waals surface area contributed by atoms with Crippen LogP contribution in [0.15, 0.2) is 0 Å². The Morgan fingerprint density at radius 1 is 0.857 bits per heavy atom. The fraction of sp³-hybridized carbons (Fsp3) is 0.909. The normalized spacial score (nSPS) is 34.5. The molecule has 28 heavy (non-hydrogen) atoms. The van der Waals surface area contributed by atoms with Crippen LogP contribution >= 0.6 is 0 Å². The first kappa shape index (κ1) is 20.1. The molecule has 0 aromatic heterocycles. The van der Waals surface area contributed by atoms with Gasteiger partial charge < -0.3 is 19.3 Å². The number of ether oxygens (including phenoxy) is 2. The number of methoxy groups -OCH3 is 1. The number of rotatable bonds is 7. The monoisotopic (exact) mass is 392 g/mol. The van der Waals surface area contributed by atoms with Crippen LogP contribution < -0.4 is 0 Å². The molecule has 0 N–H and O–H groups in total. The van der Waals surface area contributed by atoms with Crippen LogP contribution in [0.4, 0.5) is 0 Å². The third kappa shape index (κ3) is 4.54. The molecule has 0 spiro atoms. The molecule has 1 aliphatic heterocycles. The molecule has 5 rings (SSSR count). The molecule has 4 saturated carbocycles. The summed E-state index contributed by atoms with van der Waals surface area (Å²) in [7, 11) is 1.62. The zero-order chi connectivity index (χ0) is 19.6.